The molecule has 1 aromatic heterocycles. The highest BCUT2D eigenvalue weighted by atomic mass is 32.2. The predicted octanol–water partition coefficient (Wildman–Crippen LogP) is 1.82. The smallest absolute Gasteiger partial charge is 0.174 e. The molecule has 0 radical (unpaired) electrons. The third-order valence-corrected chi connectivity index (χ3v) is 4.42. The fourth-order valence-electron chi connectivity index (χ4n) is 1.55. The summed E-state index contributed by atoms with van der Waals surface area (Å²) >= 11 is 3.52. The van der Waals surface area contributed by atoms with E-state index in [1.807, 2.05) is 18.7 Å². The molecule has 5 heteroatoms. The average Bonchev–Trinajstić information content (AvgIpc) is 2.62. The van der Waals surface area contributed by atoms with Gasteiger partial charge in [-0.3, -0.25) is 0 Å². The first kappa shape index (κ1) is 9.43. The van der Waals surface area contributed by atoms with Gasteiger partial charge < -0.3 is 5.73 Å². The fourth-order valence-corrected chi connectivity index (χ4v) is 3.90. The number of aryl methyl sites for hydroxylation is 1. The lowest BCUT2D eigenvalue weighted by atomic mass is 10.3. The molecule has 1 heterocycles. The second-order valence-electron chi connectivity index (χ2n) is 3.40. The molecule has 0 saturated heterocycles. The molecule has 1 saturated carbocycles. The standard InChI is InChI=1S/C8H13N3S2/c1-5-10-11-8(12-5)13-7-3-2-6(9)4-7/h6-7H,2-4,9H2,1H3. The minimum atomic E-state index is 0.409. The van der Waals surface area contributed by atoms with Gasteiger partial charge in [-0.25, -0.2) is 0 Å². The van der Waals surface area contributed by atoms with Crippen LogP contribution in [0.25, 0.3) is 0 Å². The molecular weight excluding hydrogens is 202 g/mol. The molecule has 0 aromatic carbocycles. The molecule has 1 aromatic rings. The summed E-state index contributed by atoms with van der Waals surface area (Å²) in [5.41, 5.74) is 5.84. The lowest BCUT2D eigenvalue weighted by molar-refractivity contribution is 0.705. The molecule has 0 amide bonds. The van der Waals surface area contributed by atoms with Crippen LogP contribution in [0.15, 0.2) is 4.34 Å². The zero-order valence-corrected chi connectivity index (χ0v) is 9.20. The Morgan fingerprint density at radius 3 is 2.85 bits per heavy atom. The molecule has 72 valence electrons. The third kappa shape index (κ3) is 2.42. The fraction of sp³-hybridized carbons (Fsp3) is 0.750. The Kier molecular flexibility index (Phi) is 2.86. The quantitative estimate of drug-likeness (QED) is 0.817. The summed E-state index contributed by atoms with van der Waals surface area (Å²) in [6.07, 6.45) is 3.52. The van der Waals surface area contributed by atoms with Gasteiger partial charge in [0.1, 0.15) is 5.01 Å². The van der Waals surface area contributed by atoms with E-state index in [4.69, 9.17) is 5.73 Å². The molecule has 1 fully saturated rings. The van der Waals surface area contributed by atoms with Crippen molar-refractivity contribution in [3.63, 3.8) is 0 Å². The van der Waals surface area contributed by atoms with E-state index in [0.717, 1.165) is 22.2 Å². The van der Waals surface area contributed by atoms with Gasteiger partial charge in [0.15, 0.2) is 4.34 Å². The van der Waals surface area contributed by atoms with Crippen LogP contribution in [0.2, 0.25) is 0 Å². The maximum absolute atomic E-state index is 5.84. The highest BCUT2D eigenvalue weighted by Crippen LogP contribution is 2.35. The van der Waals surface area contributed by atoms with E-state index in [0.29, 0.717) is 11.3 Å². The number of hydrogen-bond acceptors (Lipinski definition) is 5. The third-order valence-electron chi connectivity index (χ3n) is 2.20. The largest absolute Gasteiger partial charge is 0.328 e. The summed E-state index contributed by atoms with van der Waals surface area (Å²) in [5, 5.41) is 9.80. The predicted molar refractivity (Wildman–Crippen MR) is 56.1 cm³/mol. The van der Waals surface area contributed by atoms with Crippen molar-refractivity contribution < 1.29 is 0 Å². The normalized spacial score (nSPS) is 28.2. The highest BCUT2D eigenvalue weighted by Gasteiger charge is 2.23. The van der Waals surface area contributed by atoms with Crippen molar-refractivity contribution >= 4 is 23.1 Å². The maximum atomic E-state index is 5.84. The van der Waals surface area contributed by atoms with Crippen molar-refractivity contribution in [1.29, 1.82) is 0 Å². The SMILES string of the molecule is Cc1nnc(SC2CCC(N)C2)s1. The van der Waals surface area contributed by atoms with Gasteiger partial charge in [-0.1, -0.05) is 23.1 Å². The van der Waals surface area contributed by atoms with Crippen LogP contribution in [0.3, 0.4) is 0 Å². The van der Waals surface area contributed by atoms with Gasteiger partial charge in [0.05, 0.1) is 0 Å². The summed E-state index contributed by atoms with van der Waals surface area (Å²) in [5.74, 6) is 0. The van der Waals surface area contributed by atoms with E-state index in [-0.39, 0.29) is 0 Å². The van der Waals surface area contributed by atoms with Crippen LogP contribution in [0.5, 0.6) is 0 Å². The number of nitrogens with zero attached hydrogens (tertiary/aromatic N) is 2. The van der Waals surface area contributed by atoms with E-state index < -0.39 is 0 Å². The zero-order chi connectivity index (χ0) is 9.26. The molecule has 0 spiro atoms. The first-order chi connectivity index (χ1) is 6.24. The summed E-state index contributed by atoms with van der Waals surface area (Å²) in [7, 11) is 0. The Hall–Kier alpha value is -0.130. The average molecular weight is 215 g/mol. The lowest BCUT2D eigenvalue weighted by Crippen LogP contribution is -2.15. The van der Waals surface area contributed by atoms with E-state index in [1.165, 1.54) is 6.42 Å². The van der Waals surface area contributed by atoms with Crippen molar-refractivity contribution in [3.05, 3.63) is 5.01 Å². The molecule has 2 rings (SSSR count). The molecule has 1 aliphatic rings. The second kappa shape index (κ2) is 3.94. The van der Waals surface area contributed by atoms with E-state index in [9.17, 15) is 0 Å². The Balaban J connectivity index is 1.91. The van der Waals surface area contributed by atoms with Crippen LogP contribution < -0.4 is 5.73 Å². The minimum absolute atomic E-state index is 0.409. The number of rotatable bonds is 2. The topological polar surface area (TPSA) is 51.8 Å². The van der Waals surface area contributed by atoms with Gasteiger partial charge in [0.2, 0.25) is 0 Å². The van der Waals surface area contributed by atoms with E-state index >= 15 is 0 Å². The number of aromatic nitrogens is 2. The molecule has 2 atom stereocenters. The second-order valence-corrected chi connectivity index (χ2v) is 6.13. The van der Waals surface area contributed by atoms with Gasteiger partial charge in [-0.15, -0.1) is 10.2 Å². The van der Waals surface area contributed by atoms with Crippen molar-refractivity contribution in [2.45, 2.75) is 41.8 Å². The van der Waals surface area contributed by atoms with E-state index in [2.05, 4.69) is 10.2 Å². The first-order valence-corrected chi connectivity index (χ1v) is 6.16. The van der Waals surface area contributed by atoms with Gasteiger partial charge in [0, 0.05) is 11.3 Å². The molecule has 2 N–H and O–H groups in total. The summed E-state index contributed by atoms with van der Waals surface area (Å²) in [6.45, 7) is 1.99. The van der Waals surface area contributed by atoms with Crippen LogP contribution in [-0.2, 0) is 0 Å². The number of hydrogen-bond donors (Lipinski definition) is 1. The molecule has 13 heavy (non-hydrogen) atoms. The van der Waals surface area contributed by atoms with Crippen LogP contribution in [-0.4, -0.2) is 21.5 Å². The summed E-state index contributed by atoms with van der Waals surface area (Å²) in [4.78, 5) is 0. The molecule has 2 unspecified atom stereocenters. The van der Waals surface area contributed by atoms with Crippen molar-refractivity contribution in [2.24, 2.45) is 5.73 Å². The van der Waals surface area contributed by atoms with Crippen molar-refractivity contribution in [1.82, 2.24) is 10.2 Å². The van der Waals surface area contributed by atoms with Crippen LogP contribution >= 0.6 is 23.1 Å². The number of nitrogens with two attached hydrogens (primary N) is 1. The molecule has 0 bridgehead atoms. The Morgan fingerprint density at radius 2 is 2.31 bits per heavy atom. The van der Waals surface area contributed by atoms with Crippen LogP contribution in [0.4, 0.5) is 0 Å². The van der Waals surface area contributed by atoms with Gasteiger partial charge in [-0.2, -0.15) is 0 Å². The summed E-state index contributed by atoms with van der Waals surface area (Å²) in [6, 6.07) is 0.409. The molecule has 0 aliphatic heterocycles. The Morgan fingerprint density at radius 1 is 1.46 bits per heavy atom. The van der Waals surface area contributed by atoms with Crippen molar-refractivity contribution in [3.8, 4) is 0 Å². The minimum Gasteiger partial charge on any atom is -0.328 e. The van der Waals surface area contributed by atoms with E-state index in [1.54, 1.807) is 11.3 Å². The molecule has 3 nitrogen and oxygen atoms in total. The zero-order valence-electron chi connectivity index (χ0n) is 7.56. The first-order valence-electron chi connectivity index (χ1n) is 4.46. The molecule has 1 aliphatic carbocycles. The number of thioether (sulfide) groups is 1. The van der Waals surface area contributed by atoms with Gasteiger partial charge in [-0.05, 0) is 26.2 Å². The van der Waals surface area contributed by atoms with Crippen molar-refractivity contribution in [2.75, 3.05) is 0 Å². The van der Waals surface area contributed by atoms with Gasteiger partial charge in [0.25, 0.3) is 0 Å². The summed E-state index contributed by atoms with van der Waals surface area (Å²) < 4.78 is 1.09. The monoisotopic (exact) mass is 215 g/mol. The van der Waals surface area contributed by atoms with Gasteiger partial charge >= 0.3 is 0 Å². The Labute approximate surface area is 86.1 Å². The van der Waals surface area contributed by atoms with Crippen LogP contribution in [0, 0.1) is 6.92 Å². The lowest BCUT2D eigenvalue weighted by Gasteiger charge is -2.04. The highest BCUT2D eigenvalue weighted by molar-refractivity contribution is 8.01. The maximum Gasteiger partial charge on any atom is 0.174 e. The Bertz CT molecular complexity index is 287. The van der Waals surface area contributed by atoms with Crippen LogP contribution in [0.1, 0.15) is 24.3 Å². The molecular formula is C8H13N3S2.